The summed E-state index contributed by atoms with van der Waals surface area (Å²) in [5.74, 6) is -0.763. The van der Waals surface area contributed by atoms with E-state index < -0.39 is 12.5 Å². The van der Waals surface area contributed by atoms with Crippen molar-refractivity contribution >= 4 is 17.5 Å². The summed E-state index contributed by atoms with van der Waals surface area (Å²) in [6.45, 7) is 0.599. The molecule has 3 aromatic rings. The average molecular weight is 452 g/mol. The minimum absolute atomic E-state index is 0.103. The zero-order chi connectivity index (χ0) is 22.2. The second-order valence-corrected chi connectivity index (χ2v) is 7.51. The van der Waals surface area contributed by atoms with Crippen molar-refractivity contribution in [3.8, 4) is 22.7 Å². The summed E-state index contributed by atoms with van der Waals surface area (Å²) in [6.07, 6.45) is -4.94. The molecule has 1 aromatic heterocycles. The molecular weight excluding hydrogens is 435 g/mol. The van der Waals surface area contributed by atoms with Crippen LogP contribution in [-0.4, -0.2) is 51.2 Å². The van der Waals surface area contributed by atoms with Crippen molar-refractivity contribution in [1.82, 2.24) is 14.7 Å². The van der Waals surface area contributed by atoms with Gasteiger partial charge in [-0.3, -0.25) is 4.79 Å². The lowest BCUT2D eigenvalue weighted by Crippen LogP contribution is -2.29. The minimum atomic E-state index is -4.83. The fraction of sp³-hybridized carbons (Fsp3) is 0.238. The summed E-state index contributed by atoms with van der Waals surface area (Å²) in [6, 6.07) is 13.6. The number of rotatable bonds is 4. The zero-order valence-corrected chi connectivity index (χ0v) is 16.8. The molecule has 31 heavy (non-hydrogen) atoms. The summed E-state index contributed by atoms with van der Waals surface area (Å²) in [4.78, 5) is 14.4. The minimum Gasteiger partial charge on any atom is -0.406 e. The molecule has 162 valence electrons. The van der Waals surface area contributed by atoms with Crippen molar-refractivity contribution in [2.45, 2.75) is 18.9 Å². The molecule has 1 saturated heterocycles. The van der Waals surface area contributed by atoms with E-state index in [2.05, 4.69) is 9.84 Å². The highest BCUT2D eigenvalue weighted by Crippen LogP contribution is 2.31. The van der Waals surface area contributed by atoms with Gasteiger partial charge in [-0.2, -0.15) is 5.10 Å². The van der Waals surface area contributed by atoms with Gasteiger partial charge in [0.25, 0.3) is 5.91 Å². The van der Waals surface area contributed by atoms with E-state index in [0.29, 0.717) is 34.9 Å². The van der Waals surface area contributed by atoms with Crippen LogP contribution < -0.4 is 4.74 Å². The second-order valence-electron chi connectivity index (χ2n) is 7.08. The Labute approximate surface area is 180 Å². The number of aliphatic hydroxyl groups is 1. The van der Waals surface area contributed by atoms with Crippen LogP contribution in [0.4, 0.5) is 13.2 Å². The van der Waals surface area contributed by atoms with Gasteiger partial charge in [-0.25, -0.2) is 4.68 Å². The summed E-state index contributed by atoms with van der Waals surface area (Å²) >= 11 is 6.09. The summed E-state index contributed by atoms with van der Waals surface area (Å²) in [5, 5.41) is 14.6. The number of nitrogens with zero attached hydrogens (tertiary/aromatic N) is 3. The third-order valence-corrected chi connectivity index (χ3v) is 5.03. The molecule has 1 amide bonds. The third kappa shape index (κ3) is 4.83. The SMILES string of the molecule is O=C(c1cc(-c2cccc(OC(F)(F)F)c2)n(-c2cccc(Cl)c2)n1)N1CC[C@H](O)C1. The maximum atomic E-state index is 12.9. The Bertz CT molecular complexity index is 1120. The van der Waals surface area contributed by atoms with Crippen LogP contribution in [0.2, 0.25) is 5.02 Å². The summed E-state index contributed by atoms with van der Waals surface area (Å²) in [5.41, 5.74) is 1.39. The topological polar surface area (TPSA) is 67.6 Å². The molecule has 10 heteroatoms. The van der Waals surface area contributed by atoms with E-state index in [1.54, 1.807) is 30.3 Å². The van der Waals surface area contributed by atoms with E-state index in [0.717, 1.165) is 0 Å². The molecule has 0 unspecified atom stereocenters. The van der Waals surface area contributed by atoms with Crippen molar-refractivity contribution in [3.05, 3.63) is 65.3 Å². The van der Waals surface area contributed by atoms with Crippen LogP contribution in [0.15, 0.2) is 54.6 Å². The van der Waals surface area contributed by atoms with Crippen LogP contribution in [0.5, 0.6) is 5.75 Å². The highest BCUT2D eigenvalue weighted by Gasteiger charge is 2.31. The van der Waals surface area contributed by atoms with Gasteiger partial charge in [0.2, 0.25) is 0 Å². The number of likely N-dealkylation sites (tertiary alicyclic amines) is 1. The summed E-state index contributed by atoms with van der Waals surface area (Å²) < 4.78 is 43.4. The molecule has 1 atom stereocenters. The predicted molar refractivity (Wildman–Crippen MR) is 107 cm³/mol. The molecule has 4 rings (SSSR count). The first-order valence-electron chi connectivity index (χ1n) is 9.39. The maximum Gasteiger partial charge on any atom is 0.573 e. The number of ether oxygens (including phenoxy) is 1. The van der Waals surface area contributed by atoms with Crippen molar-refractivity contribution in [2.75, 3.05) is 13.1 Å². The van der Waals surface area contributed by atoms with Crippen molar-refractivity contribution in [1.29, 1.82) is 0 Å². The Morgan fingerprint density at radius 3 is 2.61 bits per heavy atom. The average Bonchev–Trinajstić information content (AvgIpc) is 3.33. The number of halogens is 4. The van der Waals surface area contributed by atoms with Crippen molar-refractivity contribution < 1.29 is 27.8 Å². The van der Waals surface area contributed by atoms with Gasteiger partial charge in [0, 0.05) is 23.7 Å². The maximum absolute atomic E-state index is 12.9. The number of amides is 1. The largest absolute Gasteiger partial charge is 0.573 e. The first kappa shape index (κ1) is 21.2. The van der Waals surface area contributed by atoms with E-state index >= 15 is 0 Å². The van der Waals surface area contributed by atoms with Crippen molar-refractivity contribution in [3.63, 3.8) is 0 Å². The van der Waals surface area contributed by atoms with E-state index in [1.165, 1.54) is 33.8 Å². The molecule has 1 fully saturated rings. The van der Waals surface area contributed by atoms with E-state index in [9.17, 15) is 23.1 Å². The lowest BCUT2D eigenvalue weighted by atomic mass is 10.1. The van der Waals surface area contributed by atoms with Crippen LogP contribution in [0, 0.1) is 0 Å². The van der Waals surface area contributed by atoms with Gasteiger partial charge in [-0.15, -0.1) is 13.2 Å². The number of alkyl halides is 3. The number of aliphatic hydroxyl groups excluding tert-OH is 1. The zero-order valence-electron chi connectivity index (χ0n) is 16.0. The Kier molecular flexibility index (Phi) is 5.63. The van der Waals surface area contributed by atoms with E-state index in [1.807, 2.05) is 0 Å². The van der Waals surface area contributed by atoms with Gasteiger partial charge >= 0.3 is 6.36 Å². The number of β-amino-alcohol motifs (C(OH)–C–C–N with tert-alkyl or cyclic N) is 1. The molecule has 0 saturated carbocycles. The van der Waals surface area contributed by atoms with Gasteiger partial charge in [0.15, 0.2) is 5.69 Å². The number of carbonyl (C=O) groups is 1. The van der Waals surface area contributed by atoms with Gasteiger partial charge in [0.1, 0.15) is 5.75 Å². The Balaban J connectivity index is 1.78. The molecule has 1 N–H and O–H groups in total. The van der Waals surface area contributed by atoms with Crippen molar-refractivity contribution in [2.24, 2.45) is 0 Å². The molecular formula is C21H17ClF3N3O3. The Morgan fingerprint density at radius 1 is 1.16 bits per heavy atom. The highest BCUT2D eigenvalue weighted by molar-refractivity contribution is 6.30. The van der Waals surface area contributed by atoms with Gasteiger partial charge < -0.3 is 14.7 Å². The van der Waals surface area contributed by atoms with Crippen LogP contribution in [0.1, 0.15) is 16.9 Å². The molecule has 2 heterocycles. The quantitative estimate of drug-likeness (QED) is 0.642. The Morgan fingerprint density at radius 2 is 1.94 bits per heavy atom. The van der Waals surface area contributed by atoms with Crippen LogP contribution in [0.25, 0.3) is 16.9 Å². The Hall–Kier alpha value is -3.04. The number of hydrogen-bond donors (Lipinski definition) is 1. The van der Waals surface area contributed by atoms with Gasteiger partial charge in [0.05, 0.1) is 17.5 Å². The number of carbonyl (C=O) groups excluding carboxylic acids is 1. The molecule has 0 aliphatic carbocycles. The molecule has 1 aliphatic heterocycles. The first-order chi connectivity index (χ1) is 14.7. The van der Waals surface area contributed by atoms with Crippen LogP contribution in [0.3, 0.4) is 0 Å². The third-order valence-electron chi connectivity index (χ3n) is 4.80. The van der Waals surface area contributed by atoms with Crippen LogP contribution >= 0.6 is 11.6 Å². The normalized spacial score (nSPS) is 16.5. The van der Waals surface area contributed by atoms with E-state index in [-0.39, 0.29) is 23.9 Å². The predicted octanol–water partition coefficient (Wildman–Crippen LogP) is 4.30. The molecule has 0 spiro atoms. The van der Waals surface area contributed by atoms with Gasteiger partial charge in [-0.1, -0.05) is 29.8 Å². The fourth-order valence-electron chi connectivity index (χ4n) is 3.44. The second kappa shape index (κ2) is 8.24. The lowest BCUT2D eigenvalue weighted by Gasteiger charge is -2.13. The molecule has 0 bridgehead atoms. The number of hydrogen-bond acceptors (Lipinski definition) is 4. The smallest absolute Gasteiger partial charge is 0.406 e. The molecule has 2 aromatic carbocycles. The van der Waals surface area contributed by atoms with Crippen LogP contribution in [-0.2, 0) is 0 Å². The summed E-state index contributed by atoms with van der Waals surface area (Å²) in [7, 11) is 0. The van der Waals surface area contributed by atoms with Gasteiger partial charge in [-0.05, 0) is 42.8 Å². The molecule has 6 nitrogen and oxygen atoms in total. The van der Waals surface area contributed by atoms with E-state index in [4.69, 9.17) is 11.6 Å². The number of benzene rings is 2. The first-order valence-corrected chi connectivity index (χ1v) is 9.77. The standard InChI is InChI=1S/C21H17ClF3N3O3/c22-14-4-2-5-15(10-14)28-19(13-3-1-6-17(9-13)31-21(23,24)25)11-18(26-28)20(30)27-8-7-16(29)12-27/h1-6,9-11,16,29H,7-8,12H2/t16-/m0/s1. The lowest BCUT2D eigenvalue weighted by molar-refractivity contribution is -0.274. The molecule has 1 aliphatic rings. The highest BCUT2D eigenvalue weighted by atomic mass is 35.5. The molecule has 0 radical (unpaired) electrons. The number of aromatic nitrogens is 2. The monoisotopic (exact) mass is 451 g/mol. The fourth-order valence-corrected chi connectivity index (χ4v) is 3.62.